The van der Waals surface area contributed by atoms with E-state index in [9.17, 15) is 9.59 Å². The second kappa shape index (κ2) is 10.1. The predicted octanol–water partition coefficient (Wildman–Crippen LogP) is 4.97. The number of carbonyl (C=O) groups excluding carboxylic acids is 2. The van der Waals surface area contributed by atoms with Crippen molar-refractivity contribution < 1.29 is 18.7 Å². The first-order valence-electron chi connectivity index (χ1n) is 12.6. The van der Waals surface area contributed by atoms with Crippen LogP contribution in [0.15, 0.2) is 46.9 Å². The maximum absolute atomic E-state index is 13.4. The lowest BCUT2D eigenvalue weighted by molar-refractivity contribution is -0.140. The lowest BCUT2D eigenvalue weighted by Gasteiger charge is -2.42. The van der Waals surface area contributed by atoms with E-state index >= 15 is 0 Å². The monoisotopic (exact) mass is 475 g/mol. The Morgan fingerprint density at radius 3 is 2.77 bits per heavy atom. The first-order chi connectivity index (χ1) is 17.0. The standard InChI is InChI=1S/C28H33N3O4/c1-19-11-12-25-24(13-19)29-27(35-25)28(33)30-17-22(14-20-7-4-3-5-8-20)31(26(32)18-30)16-21-9-6-10-23(15-21)34-2/h6,9-13,15,20,22H,3-5,7-8,14,16-18H2,1-2H3/t22-/m0/s1. The van der Waals surface area contributed by atoms with Crippen LogP contribution in [0, 0.1) is 12.8 Å². The van der Waals surface area contributed by atoms with E-state index in [-0.39, 0.29) is 30.3 Å². The molecule has 1 saturated carbocycles. The van der Waals surface area contributed by atoms with Crippen LogP contribution in [-0.2, 0) is 11.3 Å². The second-order valence-electron chi connectivity index (χ2n) is 9.94. The number of methoxy groups -OCH3 is 1. The van der Waals surface area contributed by atoms with Crippen molar-refractivity contribution in [2.24, 2.45) is 5.92 Å². The number of amides is 2. The van der Waals surface area contributed by atoms with E-state index in [1.807, 2.05) is 54.3 Å². The van der Waals surface area contributed by atoms with Gasteiger partial charge < -0.3 is 19.0 Å². The van der Waals surface area contributed by atoms with Gasteiger partial charge in [0.25, 0.3) is 5.89 Å². The lowest BCUT2D eigenvalue weighted by Crippen LogP contribution is -2.58. The summed E-state index contributed by atoms with van der Waals surface area (Å²) >= 11 is 0. The van der Waals surface area contributed by atoms with Crippen LogP contribution in [0.4, 0.5) is 0 Å². The molecule has 1 atom stereocenters. The Bertz CT molecular complexity index is 1210. The summed E-state index contributed by atoms with van der Waals surface area (Å²) in [6.07, 6.45) is 7.06. The van der Waals surface area contributed by atoms with Gasteiger partial charge in [-0.1, -0.05) is 50.3 Å². The van der Waals surface area contributed by atoms with Crippen molar-refractivity contribution in [1.29, 1.82) is 0 Å². The van der Waals surface area contributed by atoms with Gasteiger partial charge in [0.1, 0.15) is 17.8 Å². The number of aromatic nitrogens is 1. The zero-order valence-corrected chi connectivity index (χ0v) is 20.5. The van der Waals surface area contributed by atoms with Crippen molar-refractivity contribution >= 4 is 22.9 Å². The molecule has 2 aromatic carbocycles. The zero-order chi connectivity index (χ0) is 24.4. The SMILES string of the molecule is COc1cccc(CN2C(=O)CN(C(=O)c3nc4cc(C)ccc4o3)C[C@@H]2CC2CCCCC2)c1. The van der Waals surface area contributed by atoms with E-state index in [0.29, 0.717) is 30.1 Å². The third kappa shape index (κ3) is 5.19. The number of rotatable bonds is 6. The van der Waals surface area contributed by atoms with Crippen LogP contribution in [0.25, 0.3) is 11.1 Å². The fourth-order valence-corrected chi connectivity index (χ4v) is 5.49. The first-order valence-corrected chi connectivity index (χ1v) is 12.6. The van der Waals surface area contributed by atoms with Gasteiger partial charge in [-0.3, -0.25) is 9.59 Å². The number of hydrogen-bond donors (Lipinski definition) is 0. The van der Waals surface area contributed by atoms with E-state index in [1.54, 1.807) is 12.0 Å². The van der Waals surface area contributed by atoms with Gasteiger partial charge in [-0.15, -0.1) is 0 Å². The number of fused-ring (bicyclic) bond motifs is 1. The highest BCUT2D eigenvalue weighted by atomic mass is 16.5. The lowest BCUT2D eigenvalue weighted by atomic mass is 9.84. The fourth-order valence-electron chi connectivity index (χ4n) is 5.49. The molecule has 2 fully saturated rings. The third-order valence-electron chi connectivity index (χ3n) is 7.35. The Labute approximate surface area is 206 Å². The fraction of sp³-hybridized carbons (Fsp3) is 0.464. The summed E-state index contributed by atoms with van der Waals surface area (Å²) in [5.41, 5.74) is 3.33. The maximum atomic E-state index is 13.4. The molecule has 0 bridgehead atoms. The molecular weight excluding hydrogens is 442 g/mol. The minimum absolute atomic E-state index is 0.0295. The molecule has 0 N–H and O–H groups in total. The topological polar surface area (TPSA) is 75.9 Å². The molecule has 2 amide bonds. The summed E-state index contributed by atoms with van der Waals surface area (Å²) < 4.78 is 11.1. The van der Waals surface area contributed by atoms with Gasteiger partial charge in [-0.05, 0) is 54.7 Å². The van der Waals surface area contributed by atoms with Crippen LogP contribution in [0.3, 0.4) is 0 Å². The molecule has 1 aromatic heterocycles. The molecule has 35 heavy (non-hydrogen) atoms. The molecule has 1 aliphatic carbocycles. The predicted molar refractivity (Wildman–Crippen MR) is 133 cm³/mol. The third-order valence-corrected chi connectivity index (χ3v) is 7.35. The summed E-state index contributed by atoms with van der Waals surface area (Å²) in [4.78, 5) is 34.8. The first kappa shape index (κ1) is 23.4. The number of carbonyl (C=O) groups is 2. The number of ether oxygens (including phenoxy) is 1. The van der Waals surface area contributed by atoms with Crippen LogP contribution >= 0.6 is 0 Å². The largest absolute Gasteiger partial charge is 0.497 e. The highest BCUT2D eigenvalue weighted by molar-refractivity contribution is 5.95. The summed E-state index contributed by atoms with van der Waals surface area (Å²) in [6.45, 7) is 3.01. The molecule has 0 radical (unpaired) electrons. The van der Waals surface area contributed by atoms with Crippen molar-refractivity contribution in [3.05, 3.63) is 59.5 Å². The molecule has 1 saturated heterocycles. The van der Waals surface area contributed by atoms with Crippen molar-refractivity contribution in [3.8, 4) is 5.75 Å². The Morgan fingerprint density at radius 1 is 1.14 bits per heavy atom. The normalized spacial score (nSPS) is 19.4. The van der Waals surface area contributed by atoms with E-state index < -0.39 is 0 Å². The number of nitrogens with zero attached hydrogens (tertiary/aromatic N) is 3. The molecule has 5 rings (SSSR count). The van der Waals surface area contributed by atoms with E-state index in [2.05, 4.69) is 4.98 Å². The van der Waals surface area contributed by atoms with Crippen molar-refractivity contribution in [3.63, 3.8) is 0 Å². The average Bonchev–Trinajstić information content (AvgIpc) is 3.29. The van der Waals surface area contributed by atoms with Gasteiger partial charge in [0.05, 0.1) is 7.11 Å². The quantitative estimate of drug-likeness (QED) is 0.503. The van der Waals surface area contributed by atoms with E-state index in [1.165, 1.54) is 32.1 Å². The number of oxazole rings is 1. The van der Waals surface area contributed by atoms with Crippen LogP contribution in [0.2, 0.25) is 0 Å². The van der Waals surface area contributed by atoms with Crippen molar-refractivity contribution in [1.82, 2.24) is 14.8 Å². The maximum Gasteiger partial charge on any atom is 0.310 e. The average molecular weight is 476 g/mol. The van der Waals surface area contributed by atoms with Crippen LogP contribution in [0.5, 0.6) is 5.75 Å². The van der Waals surface area contributed by atoms with Gasteiger partial charge >= 0.3 is 5.91 Å². The van der Waals surface area contributed by atoms with Gasteiger partial charge in [-0.25, -0.2) is 4.98 Å². The van der Waals surface area contributed by atoms with Crippen LogP contribution < -0.4 is 4.74 Å². The minimum atomic E-state index is -0.318. The minimum Gasteiger partial charge on any atom is -0.497 e. The Hall–Kier alpha value is -3.35. The molecule has 184 valence electrons. The Balaban J connectivity index is 1.38. The second-order valence-corrected chi connectivity index (χ2v) is 9.94. The molecule has 3 aromatic rings. The van der Waals surface area contributed by atoms with Gasteiger partial charge in [0, 0.05) is 19.1 Å². The highest BCUT2D eigenvalue weighted by Crippen LogP contribution is 2.31. The van der Waals surface area contributed by atoms with E-state index in [4.69, 9.17) is 9.15 Å². The van der Waals surface area contributed by atoms with Crippen molar-refractivity contribution in [2.75, 3.05) is 20.2 Å². The summed E-state index contributed by atoms with van der Waals surface area (Å²) in [5, 5.41) is 0. The molecule has 2 heterocycles. The zero-order valence-electron chi connectivity index (χ0n) is 20.5. The molecule has 7 heteroatoms. The summed E-state index contributed by atoms with van der Waals surface area (Å²) in [5.74, 6) is 1.05. The number of hydrogen-bond acceptors (Lipinski definition) is 5. The van der Waals surface area contributed by atoms with Crippen LogP contribution in [-0.4, -0.2) is 52.8 Å². The summed E-state index contributed by atoms with van der Waals surface area (Å²) in [6, 6.07) is 13.5. The van der Waals surface area contributed by atoms with Gasteiger partial charge in [0.2, 0.25) is 5.91 Å². The van der Waals surface area contributed by atoms with Gasteiger partial charge in [-0.2, -0.15) is 0 Å². The van der Waals surface area contributed by atoms with Crippen LogP contribution in [0.1, 0.15) is 60.3 Å². The molecular formula is C28H33N3O4. The highest BCUT2D eigenvalue weighted by Gasteiger charge is 2.37. The molecule has 2 aliphatic rings. The van der Waals surface area contributed by atoms with Gasteiger partial charge in [0.15, 0.2) is 5.58 Å². The Kier molecular flexibility index (Phi) is 6.75. The number of piperazine rings is 1. The Morgan fingerprint density at radius 2 is 1.97 bits per heavy atom. The van der Waals surface area contributed by atoms with E-state index in [0.717, 1.165) is 23.3 Å². The number of aryl methyl sites for hydroxylation is 1. The molecule has 0 unspecified atom stereocenters. The number of benzene rings is 2. The molecule has 7 nitrogen and oxygen atoms in total. The molecule has 0 spiro atoms. The smallest absolute Gasteiger partial charge is 0.310 e. The van der Waals surface area contributed by atoms with Crippen molar-refractivity contribution in [2.45, 2.75) is 58.0 Å². The summed E-state index contributed by atoms with van der Waals surface area (Å²) in [7, 11) is 1.65. The molecule has 1 aliphatic heterocycles.